The molecule has 0 aliphatic carbocycles. The van der Waals surface area contributed by atoms with E-state index in [0.29, 0.717) is 0 Å². The van der Waals surface area contributed by atoms with Gasteiger partial charge in [0.1, 0.15) is 0 Å². The first-order valence-corrected chi connectivity index (χ1v) is 6.51. The maximum absolute atomic E-state index is 4.34. The minimum atomic E-state index is 0.994. The lowest BCUT2D eigenvalue weighted by molar-refractivity contribution is 0.957. The maximum atomic E-state index is 4.34. The van der Waals surface area contributed by atoms with Gasteiger partial charge in [-0.1, -0.05) is 42.0 Å². The Morgan fingerprint density at radius 3 is 2.50 bits per heavy atom. The van der Waals surface area contributed by atoms with Crippen LogP contribution in [0.3, 0.4) is 0 Å². The van der Waals surface area contributed by atoms with Gasteiger partial charge >= 0.3 is 0 Å². The van der Waals surface area contributed by atoms with E-state index in [-0.39, 0.29) is 0 Å². The topological polar surface area (TPSA) is 12.4 Å². The van der Waals surface area contributed by atoms with Gasteiger partial charge in [-0.05, 0) is 42.5 Å². The molecule has 0 aromatic heterocycles. The minimum Gasteiger partial charge on any atom is -0.261 e. The van der Waals surface area contributed by atoms with Crippen molar-refractivity contribution in [1.82, 2.24) is 0 Å². The molecule has 0 fully saturated rings. The summed E-state index contributed by atoms with van der Waals surface area (Å²) in [4.78, 5) is 4.34. The lowest BCUT2D eigenvalue weighted by Gasteiger charge is -2.05. The standard InChI is InChI=1S/C17H17N/c1-13-2-4-14(5-3-13)6-7-15-8-9-17-16(12-15)10-11-18-17/h2-5,8-9,11-12H,6-7,10H2,1H3. The number of nitrogens with zero attached hydrogens (tertiary/aromatic N) is 1. The fourth-order valence-electron chi connectivity index (χ4n) is 2.37. The van der Waals surface area contributed by atoms with Gasteiger partial charge in [0.05, 0.1) is 5.69 Å². The first-order chi connectivity index (χ1) is 8.81. The van der Waals surface area contributed by atoms with Crippen molar-refractivity contribution in [2.45, 2.75) is 26.2 Å². The van der Waals surface area contributed by atoms with Gasteiger partial charge in [-0.25, -0.2) is 0 Å². The van der Waals surface area contributed by atoms with Gasteiger partial charge in [0.25, 0.3) is 0 Å². The Balaban J connectivity index is 1.68. The van der Waals surface area contributed by atoms with Crippen LogP contribution in [-0.2, 0) is 19.3 Å². The average molecular weight is 235 g/mol. The lowest BCUT2D eigenvalue weighted by Crippen LogP contribution is -1.92. The summed E-state index contributed by atoms with van der Waals surface area (Å²) in [6.07, 6.45) is 5.21. The molecule has 0 saturated carbocycles. The van der Waals surface area contributed by atoms with E-state index in [9.17, 15) is 0 Å². The lowest BCUT2D eigenvalue weighted by atomic mass is 10.0. The molecular weight excluding hydrogens is 218 g/mol. The number of aliphatic imine (C=N–C) groups is 1. The van der Waals surface area contributed by atoms with Crippen LogP contribution in [0.25, 0.3) is 0 Å². The largest absolute Gasteiger partial charge is 0.261 e. The maximum Gasteiger partial charge on any atom is 0.0661 e. The summed E-state index contributed by atoms with van der Waals surface area (Å²) in [6, 6.07) is 15.5. The van der Waals surface area contributed by atoms with E-state index < -0.39 is 0 Å². The summed E-state index contributed by atoms with van der Waals surface area (Å²) < 4.78 is 0. The number of rotatable bonds is 3. The Morgan fingerprint density at radius 2 is 1.67 bits per heavy atom. The fourth-order valence-corrected chi connectivity index (χ4v) is 2.37. The number of fused-ring (bicyclic) bond motifs is 1. The summed E-state index contributed by atoms with van der Waals surface area (Å²) in [5, 5.41) is 0. The molecule has 2 aromatic rings. The van der Waals surface area contributed by atoms with Crippen LogP contribution in [0, 0.1) is 6.92 Å². The molecule has 0 N–H and O–H groups in total. The van der Waals surface area contributed by atoms with Crippen LogP contribution < -0.4 is 0 Å². The van der Waals surface area contributed by atoms with Crippen molar-refractivity contribution in [3.63, 3.8) is 0 Å². The van der Waals surface area contributed by atoms with Crippen LogP contribution in [-0.4, -0.2) is 6.21 Å². The molecule has 0 saturated heterocycles. The molecule has 1 heteroatoms. The van der Waals surface area contributed by atoms with Gasteiger partial charge in [-0.3, -0.25) is 4.99 Å². The first kappa shape index (κ1) is 11.2. The monoisotopic (exact) mass is 235 g/mol. The van der Waals surface area contributed by atoms with Crippen LogP contribution in [0.1, 0.15) is 22.3 Å². The van der Waals surface area contributed by atoms with Crippen LogP contribution in [0.4, 0.5) is 5.69 Å². The fraction of sp³-hybridized carbons (Fsp3) is 0.235. The molecule has 0 spiro atoms. The Hall–Kier alpha value is -1.89. The zero-order chi connectivity index (χ0) is 12.4. The van der Waals surface area contributed by atoms with Gasteiger partial charge in [0.2, 0.25) is 0 Å². The predicted octanol–water partition coefficient (Wildman–Crippen LogP) is 4.04. The molecule has 2 aromatic carbocycles. The summed E-state index contributed by atoms with van der Waals surface area (Å²) in [6.45, 7) is 2.13. The van der Waals surface area contributed by atoms with Gasteiger partial charge in [-0.2, -0.15) is 0 Å². The molecule has 3 rings (SSSR count). The molecule has 0 unspecified atom stereocenters. The van der Waals surface area contributed by atoms with E-state index in [1.165, 1.54) is 22.3 Å². The number of aryl methyl sites for hydroxylation is 3. The van der Waals surface area contributed by atoms with E-state index in [4.69, 9.17) is 0 Å². The third-order valence-corrected chi connectivity index (χ3v) is 3.51. The zero-order valence-corrected chi connectivity index (χ0v) is 10.7. The third kappa shape index (κ3) is 2.35. The van der Waals surface area contributed by atoms with Gasteiger partial charge < -0.3 is 0 Å². The van der Waals surface area contributed by atoms with E-state index in [1.54, 1.807) is 0 Å². The van der Waals surface area contributed by atoms with Crippen molar-refractivity contribution in [3.8, 4) is 0 Å². The number of hydrogen-bond acceptors (Lipinski definition) is 1. The highest BCUT2D eigenvalue weighted by Crippen LogP contribution is 2.25. The van der Waals surface area contributed by atoms with E-state index in [1.807, 2.05) is 6.21 Å². The Bertz CT molecular complexity index is 579. The Kier molecular flexibility index (Phi) is 2.97. The second-order valence-electron chi connectivity index (χ2n) is 4.96. The normalized spacial score (nSPS) is 12.7. The highest BCUT2D eigenvalue weighted by atomic mass is 14.7. The van der Waals surface area contributed by atoms with Gasteiger partial charge in [0.15, 0.2) is 0 Å². The van der Waals surface area contributed by atoms with Crippen molar-refractivity contribution in [2.24, 2.45) is 4.99 Å². The van der Waals surface area contributed by atoms with E-state index in [2.05, 4.69) is 54.4 Å². The molecule has 0 amide bonds. The summed E-state index contributed by atoms with van der Waals surface area (Å²) in [7, 11) is 0. The Labute approximate surface area is 108 Å². The second-order valence-corrected chi connectivity index (χ2v) is 4.96. The molecule has 0 bridgehead atoms. The quantitative estimate of drug-likeness (QED) is 0.761. The van der Waals surface area contributed by atoms with Crippen LogP contribution in [0.5, 0.6) is 0 Å². The molecular formula is C17H17N. The molecule has 1 aliphatic rings. The average Bonchev–Trinajstić information content (AvgIpc) is 2.85. The van der Waals surface area contributed by atoms with Crippen molar-refractivity contribution >= 4 is 11.9 Å². The van der Waals surface area contributed by atoms with E-state index >= 15 is 0 Å². The van der Waals surface area contributed by atoms with Gasteiger partial charge in [-0.15, -0.1) is 0 Å². The number of hydrogen-bond donors (Lipinski definition) is 0. The molecule has 1 nitrogen and oxygen atoms in total. The first-order valence-electron chi connectivity index (χ1n) is 6.51. The Morgan fingerprint density at radius 1 is 0.944 bits per heavy atom. The second kappa shape index (κ2) is 4.77. The summed E-state index contributed by atoms with van der Waals surface area (Å²) in [5.74, 6) is 0. The highest BCUT2D eigenvalue weighted by molar-refractivity contribution is 5.75. The van der Waals surface area contributed by atoms with Crippen molar-refractivity contribution in [1.29, 1.82) is 0 Å². The minimum absolute atomic E-state index is 0.994. The molecule has 0 radical (unpaired) electrons. The van der Waals surface area contributed by atoms with Crippen LogP contribution >= 0.6 is 0 Å². The molecule has 1 aliphatic heterocycles. The molecule has 90 valence electrons. The smallest absolute Gasteiger partial charge is 0.0661 e. The summed E-state index contributed by atoms with van der Waals surface area (Å²) >= 11 is 0. The number of benzene rings is 2. The van der Waals surface area contributed by atoms with Crippen molar-refractivity contribution < 1.29 is 0 Å². The van der Waals surface area contributed by atoms with Crippen LogP contribution in [0.2, 0.25) is 0 Å². The van der Waals surface area contributed by atoms with Crippen molar-refractivity contribution in [3.05, 3.63) is 64.7 Å². The van der Waals surface area contributed by atoms with Crippen LogP contribution in [0.15, 0.2) is 47.5 Å². The highest BCUT2D eigenvalue weighted by Gasteiger charge is 2.06. The third-order valence-electron chi connectivity index (χ3n) is 3.51. The molecule has 0 atom stereocenters. The zero-order valence-electron chi connectivity index (χ0n) is 10.7. The SMILES string of the molecule is Cc1ccc(CCc2ccc3c(c2)CC=N3)cc1. The molecule has 18 heavy (non-hydrogen) atoms. The predicted molar refractivity (Wildman–Crippen MR) is 76.9 cm³/mol. The summed E-state index contributed by atoms with van der Waals surface area (Å²) in [5.41, 5.74) is 6.68. The van der Waals surface area contributed by atoms with E-state index in [0.717, 1.165) is 24.9 Å². The van der Waals surface area contributed by atoms with Gasteiger partial charge in [0, 0.05) is 12.6 Å². The van der Waals surface area contributed by atoms with Crippen molar-refractivity contribution in [2.75, 3.05) is 0 Å². The molecule has 1 heterocycles.